The van der Waals surface area contributed by atoms with Gasteiger partial charge in [-0.1, -0.05) is 37.6 Å². The van der Waals surface area contributed by atoms with E-state index in [-0.39, 0.29) is 5.97 Å². The molecule has 0 saturated heterocycles. The van der Waals surface area contributed by atoms with Crippen LogP contribution in [-0.2, 0) is 16.0 Å². The van der Waals surface area contributed by atoms with E-state index < -0.39 is 0 Å². The molecule has 0 radical (unpaired) electrons. The summed E-state index contributed by atoms with van der Waals surface area (Å²) in [4.78, 5) is 11.4. The van der Waals surface area contributed by atoms with Crippen molar-refractivity contribution in [2.24, 2.45) is 5.92 Å². The molecule has 0 unspecified atom stereocenters. The molecule has 0 bridgehead atoms. The van der Waals surface area contributed by atoms with Crippen molar-refractivity contribution >= 4 is 5.97 Å². The van der Waals surface area contributed by atoms with Gasteiger partial charge < -0.3 is 4.74 Å². The third-order valence-electron chi connectivity index (χ3n) is 4.04. The fourth-order valence-electron chi connectivity index (χ4n) is 2.99. The van der Waals surface area contributed by atoms with Crippen molar-refractivity contribution in [1.82, 2.24) is 0 Å². The van der Waals surface area contributed by atoms with Crippen molar-refractivity contribution in [3.63, 3.8) is 0 Å². The van der Waals surface area contributed by atoms with Crippen molar-refractivity contribution < 1.29 is 9.53 Å². The van der Waals surface area contributed by atoms with Crippen LogP contribution in [-0.4, -0.2) is 12.6 Å². The van der Waals surface area contributed by atoms with E-state index in [9.17, 15) is 4.79 Å². The van der Waals surface area contributed by atoms with Crippen LogP contribution in [0.1, 0.15) is 56.6 Å². The summed E-state index contributed by atoms with van der Waals surface area (Å²) in [6, 6.07) is 8.75. The lowest BCUT2D eigenvalue weighted by Gasteiger charge is -2.11. The fourth-order valence-corrected chi connectivity index (χ4v) is 2.99. The molecular formula is C17H24O2. The Morgan fingerprint density at radius 1 is 1.37 bits per heavy atom. The zero-order valence-corrected chi connectivity index (χ0v) is 12.0. The van der Waals surface area contributed by atoms with Crippen LogP contribution in [0.15, 0.2) is 24.3 Å². The third-order valence-corrected chi connectivity index (χ3v) is 4.04. The van der Waals surface area contributed by atoms with E-state index in [0.717, 1.165) is 18.3 Å². The lowest BCUT2D eigenvalue weighted by atomic mass is 9.94. The lowest BCUT2D eigenvalue weighted by Crippen LogP contribution is -2.05. The molecule has 0 spiro atoms. The van der Waals surface area contributed by atoms with Gasteiger partial charge in [0, 0.05) is 6.42 Å². The number of benzene rings is 1. The van der Waals surface area contributed by atoms with Crippen LogP contribution in [0.25, 0.3) is 0 Å². The smallest absolute Gasteiger partial charge is 0.306 e. The van der Waals surface area contributed by atoms with Gasteiger partial charge in [-0.25, -0.2) is 0 Å². The largest absolute Gasteiger partial charge is 0.466 e. The molecule has 1 aliphatic carbocycles. The highest BCUT2D eigenvalue weighted by Gasteiger charge is 2.22. The van der Waals surface area contributed by atoms with Crippen LogP contribution in [0.3, 0.4) is 0 Å². The van der Waals surface area contributed by atoms with Crippen LogP contribution in [0.4, 0.5) is 0 Å². The maximum atomic E-state index is 11.4. The molecule has 1 aromatic carbocycles. The molecule has 2 atom stereocenters. The van der Waals surface area contributed by atoms with E-state index in [1.54, 1.807) is 0 Å². The second-order valence-electron chi connectivity index (χ2n) is 5.67. The first-order chi connectivity index (χ1) is 9.19. The highest BCUT2D eigenvalue weighted by Crippen LogP contribution is 2.38. The Hall–Kier alpha value is -1.31. The normalized spacial score (nSPS) is 22.4. The Balaban J connectivity index is 1.93. The van der Waals surface area contributed by atoms with Gasteiger partial charge in [-0.3, -0.25) is 4.79 Å². The van der Waals surface area contributed by atoms with E-state index in [1.165, 1.54) is 30.4 Å². The SMILES string of the molecule is CCOC(=O)CCc1cccc([C@@H]2CC[C@@H](C)C2)c1. The first-order valence-corrected chi connectivity index (χ1v) is 7.43. The van der Waals surface area contributed by atoms with E-state index in [0.29, 0.717) is 13.0 Å². The lowest BCUT2D eigenvalue weighted by molar-refractivity contribution is -0.143. The molecule has 1 aliphatic rings. The summed E-state index contributed by atoms with van der Waals surface area (Å²) in [5.74, 6) is 1.48. The maximum Gasteiger partial charge on any atom is 0.306 e. The minimum atomic E-state index is -0.0950. The quantitative estimate of drug-likeness (QED) is 0.745. The standard InChI is InChI=1S/C17H24O2/c1-3-19-17(18)10-8-14-5-4-6-15(12-14)16-9-7-13(2)11-16/h4-6,12-13,16H,3,7-11H2,1-2H3/t13-,16-/m1/s1. The van der Waals surface area contributed by atoms with Crippen molar-refractivity contribution in [3.05, 3.63) is 35.4 Å². The number of aryl methyl sites for hydroxylation is 1. The summed E-state index contributed by atoms with van der Waals surface area (Å²) in [7, 11) is 0. The van der Waals surface area contributed by atoms with Gasteiger partial charge in [0.2, 0.25) is 0 Å². The van der Waals surface area contributed by atoms with E-state index in [1.807, 2.05) is 6.92 Å². The zero-order chi connectivity index (χ0) is 13.7. The van der Waals surface area contributed by atoms with Gasteiger partial charge in [-0.05, 0) is 49.1 Å². The topological polar surface area (TPSA) is 26.3 Å². The van der Waals surface area contributed by atoms with Crippen LogP contribution in [0.2, 0.25) is 0 Å². The van der Waals surface area contributed by atoms with Crippen molar-refractivity contribution in [1.29, 1.82) is 0 Å². The summed E-state index contributed by atoms with van der Waals surface area (Å²) in [6.45, 7) is 4.66. The minimum absolute atomic E-state index is 0.0950. The van der Waals surface area contributed by atoms with Gasteiger partial charge in [0.25, 0.3) is 0 Å². The number of ether oxygens (including phenoxy) is 1. The molecule has 104 valence electrons. The fraction of sp³-hybridized carbons (Fsp3) is 0.588. The summed E-state index contributed by atoms with van der Waals surface area (Å²) >= 11 is 0. The number of hydrogen-bond donors (Lipinski definition) is 0. The van der Waals surface area contributed by atoms with Crippen LogP contribution < -0.4 is 0 Å². The second-order valence-corrected chi connectivity index (χ2v) is 5.67. The monoisotopic (exact) mass is 260 g/mol. The second kappa shape index (κ2) is 6.74. The number of esters is 1. The van der Waals surface area contributed by atoms with Crippen LogP contribution in [0.5, 0.6) is 0 Å². The Morgan fingerprint density at radius 2 is 2.21 bits per heavy atom. The maximum absolute atomic E-state index is 11.4. The van der Waals surface area contributed by atoms with Crippen molar-refractivity contribution in [2.45, 2.75) is 51.9 Å². The molecule has 1 aromatic rings. The van der Waals surface area contributed by atoms with Crippen molar-refractivity contribution in [3.8, 4) is 0 Å². The van der Waals surface area contributed by atoms with Gasteiger partial charge >= 0.3 is 5.97 Å². The number of rotatable bonds is 5. The van der Waals surface area contributed by atoms with Gasteiger partial charge in [0.15, 0.2) is 0 Å². The predicted molar refractivity (Wildman–Crippen MR) is 77.2 cm³/mol. The van der Waals surface area contributed by atoms with E-state index in [2.05, 4.69) is 31.2 Å². The summed E-state index contributed by atoms with van der Waals surface area (Å²) < 4.78 is 4.97. The molecule has 2 nitrogen and oxygen atoms in total. The molecule has 2 heteroatoms. The van der Waals surface area contributed by atoms with E-state index in [4.69, 9.17) is 4.74 Å². The third kappa shape index (κ3) is 4.09. The van der Waals surface area contributed by atoms with Gasteiger partial charge in [-0.2, -0.15) is 0 Å². The van der Waals surface area contributed by atoms with Crippen molar-refractivity contribution in [2.75, 3.05) is 6.61 Å². The van der Waals surface area contributed by atoms with Gasteiger partial charge in [0.05, 0.1) is 6.61 Å². The Bertz CT molecular complexity index is 425. The van der Waals surface area contributed by atoms with Crippen LogP contribution in [0, 0.1) is 5.92 Å². The summed E-state index contributed by atoms with van der Waals surface area (Å²) in [6.07, 6.45) is 5.23. The number of hydrogen-bond acceptors (Lipinski definition) is 2. The van der Waals surface area contributed by atoms with Gasteiger partial charge in [0.1, 0.15) is 0 Å². The van der Waals surface area contributed by atoms with Crippen LogP contribution >= 0.6 is 0 Å². The highest BCUT2D eigenvalue weighted by atomic mass is 16.5. The summed E-state index contributed by atoms with van der Waals surface area (Å²) in [5.41, 5.74) is 2.70. The number of carbonyl (C=O) groups excluding carboxylic acids is 1. The molecule has 0 heterocycles. The average Bonchev–Trinajstić information content (AvgIpc) is 2.84. The molecule has 0 amide bonds. The Kier molecular flexibility index (Phi) is 5.00. The first kappa shape index (κ1) is 14.1. The van der Waals surface area contributed by atoms with Gasteiger partial charge in [-0.15, -0.1) is 0 Å². The Labute approximate surface area is 116 Å². The number of carbonyl (C=O) groups is 1. The molecule has 0 aromatic heterocycles. The first-order valence-electron chi connectivity index (χ1n) is 7.43. The zero-order valence-electron chi connectivity index (χ0n) is 12.0. The highest BCUT2D eigenvalue weighted by molar-refractivity contribution is 5.69. The molecule has 0 aliphatic heterocycles. The Morgan fingerprint density at radius 3 is 2.89 bits per heavy atom. The molecule has 19 heavy (non-hydrogen) atoms. The molecule has 2 rings (SSSR count). The molecule has 1 saturated carbocycles. The van der Waals surface area contributed by atoms with E-state index >= 15 is 0 Å². The molecule has 1 fully saturated rings. The molecular weight excluding hydrogens is 236 g/mol. The summed E-state index contributed by atoms with van der Waals surface area (Å²) in [5, 5.41) is 0. The minimum Gasteiger partial charge on any atom is -0.466 e. The average molecular weight is 260 g/mol. The molecule has 0 N–H and O–H groups in total. The predicted octanol–water partition coefficient (Wildman–Crippen LogP) is 4.09.